The lowest BCUT2D eigenvalue weighted by atomic mass is 9.99. The predicted octanol–water partition coefficient (Wildman–Crippen LogP) is 5.03. The van der Waals surface area contributed by atoms with Crippen LogP contribution in [-0.4, -0.2) is 64.7 Å². The number of rotatable bonds is 11. The summed E-state index contributed by atoms with van der Waals surface area (Å²) in [6.07, 6.45) is 3.12. The van der Waals surface area contributed by atoms with Crippen molar-refractivity contribution in [2.24, 2.45) is 0 Å². The average molecular weight is 558 g/mol. The quantitative estimate of drug-likeness (QED) is 0.355. The lowest BCUT2D eigenvalue weighted by Crippen LogP contribution is -2.53. The van der Waals surface area contributed by atoms with Gasteiger partial charge in [0.1, 0.15) is 29.2 Å². The number of anilines is 1. The molecule has 2 unspecified atom stereocenters. The molecular formula is C29H39N3O6S. The number of hydrogen-bond acceptors (Lipinski definition) is 7. The highest BCUT2D eigenvalue weighted by atomic mass is 32.2. The number of amides is 3. The van der Waals surface area contributed by atoms with Crippen LogP contribution in [-0.2, 0) is 14.3 Å². The van der Waals surface area contributed by atoms with Gasteiger partial charge in [-0.3, -0.25) is 9.59 Å². The second kappa shape index (κ2) is 13.1. The molecular weight excluding hydrogens is 518 g/mol. The highest BCUT2D eigenvalue weighted by molar-refractivity contribution is 7.98. The van der Waals surface area contributed by atoms with E-state index >= 15 is 0 Å². The molecule has 0 aliphatic heterocycles. The summed E-state index contributed by atoms with van der Waals surface area (Å²) < 4.78 is 10.6. The lowest BCUT2D eigenvalue weighted by Gasteiger charge is -2.35. The zero-order valence-corrected chi connectivity index (χ0v) is 24.3. The van der Waals surface area contributed by atoms with E-state index in [1.54, 1.807) is 87.9 Å². The summed E-state index contributed by atoms with van der Waals surface area (Å²) in [5.74, 6) is 0.635. The number of alkyl carbamates (subject to hydrolysis) is 1. The maximum atomic E-state index is 14.1. The van der Waals surface area contributed by atoms with E-state index in [0.717, 1.165) is 12.8 Å². The first-order valence-corrected chi connectivity index (χ1v) is 14.4. The minimum Gasteiger partial charge on any atom is -0.508 e. The highest BCUT2D eigenvalue weighted by Gasteiger charge is 2.44. The number of carbonyl (C=O) groups excluding carboxylic acids is 3. The number of benzene rings is 2. The summed E-state index contributed by atoms with van der Waals surface area (Å²) >= 11 is 1.56. The molecule has 3 N–H and O–H groups in total. The van der Waals surface area contributed by atoms with E-state index in [1.165, 1.54) is 6.07 Å². The number of aryl methyl sites for hydroxylation is 1. The van der Waals surface area contributed by atoms with E-state index in [2.05, 4.69) is 10.6 Å². The van der Waals surface area contributed by atoms with Gasteiger partial charge in [-0.1, -0.05) is 6.07 Å². The van der Waals surface area contributed by atoms with Crippen LogP contribution < -0.4 is 15.4 Å². The third kappa shape index (κ3) is 8.54. The fourth-order valence-corrected chi connectivity index (χ4v) is 4.64. The molecule has 1 aliphatic carbocycles. The van der Waals surface area contributed by atoms with Crippen molar-refractivity contribution in [2.75, 3.05) is 24.4 Å². The van der Waals surface area contributed by atoms with Crippen molar-refractivity contribution in [2.45, 2.75) is 70.7 Å². The molecule has 9 nitrogen and oxygen atoms in total. The number of phenolic OH excluding ortho intramolecular Hbond substituents is 1. The van der Waals surface area contributed by atoms with Gasteiger partial charge in [-0.05, 0) is 106 Å². The van der Waals surface area contributed by atoms with Gasteiger partial charge in [0.05, 0.1) is 7.11 Å². The van der Waals surface area contributed by atoms with Crippen LogP contribution in [0, 0.1) is 6.92 Å². The normalized spacial score (nSPS) is 14.6. The van der Waals surface area contributed by atoms with Crippen LogP contribution in [0.4, 0.5) is 10.5 Å². The number of phenols is 1. The molecule has 1 fully saturated rings. The molecule has 0 spiro atoms. The average Bonchev–Trinajstić information content (AvgIpc) is 3.71. The molecule has 2 aromatic carbocycles. The molecule has 10 heteroatoms. The fourth-order valence-electron chi connectivity index (χ4n) is 4.17. The van der Waals surface area contributed by atoms with Crippen LogP contribution in [0.5, 0.6) is 11.5 Å². The summed E-state index contributed by atoms with van der Waals surface area (Å²) in [6, 6.07) is 9.81. The van der Waals surface area contributed by atoms with Crippen molar-refractivity contribution in [1.82, 2.24) is 10.2 Å². The number of carbonyl (C=O) groups is 3. The Balaban J connectivity index is 1.98. The molecule has 0 bridgehead atoms. The van der Waals surface area contributed by atoms with E-state index in [-0.39, 0.29) is 17.7 Å². The Kier molecular flexibility index (Phi) is 10.1. The van der Waals surface area contributed by atoms with Crippen LogP contribution in [0.15, 0.2) is 42.5 Å². The zero-order chi connectivity index (χ0) is 28.7. The number of hydrogen-bond donors (Lipinski definition) is 3. The number of methoxy groups -OCH3 is 1. The fraction of sp³-hybridized carbons (Fsp3) is 0.483. The van der Waals surface area contributed by atoms with Crippen LogP contribution in [0.1, 0.15) is 57.2 Å². The number of aromatic hydroxyl groups is 1. The summed E-state index contributed by atoms with van der Waals surface area (Å²) in [5.41, 5.74) is 0.981. The van der Waals surface area contributed by atoms with Crippen LogP contribution in [0.3, 0.4) is 0 Å². The minimum absolute atomic E-state index is 0.0989. The third-order valence-electron chi connectivity index (χ3n) is 6.22. The zero-order valence-electron chi connectivity index (χ0n) is 23.4. The second-order valence-corrected chi connectivity index (χ2v) is 11.6. The third-order valence-corrected chi connectivity index (χ3v) is 6.86. The molecule has 212 valence electrons. The van der Waals surface area contributed by atoms with Crippen LogP contribution in [0.2, 0.25) is 0 Å². The Morgan fingerprint density at radius 1 is 1.13 bits per heavy atom. The van der Waals surface area contributed by atoms with E-state index in [0.29, 0.717) is 34.7 Å². The summed E-state index contributed by atoms with van der Waals surface area (Å²) in [6.45, 7) is 7.02. The second-order valence-electron chi connectivity index (χ2n) is 10.6. The molecule has 39 heavy (non-hydrogen) atoms. The summed E-state index contributed by atoms with van der Waals surface area (Å²) in [5, 5.41) is 15.8. The van der Waals surface area contributed by atoms with Crippen molar-refractivity contribution >= 4 is 35.4 Å². The Bertz CT molecular complexity index is 1160. The van der Waals surface area contributed by atoms with Gasteiger partial charge in [0.25, 0.3) is 5.91 Å². The van der Waals surface area contributed by atoms with Crippen molar-refractivity contribution < 1.29 is 29.0 Å². The van der Waals surface area contributed by atoms with Gasteiger partial charge in [-0.15, -0.1) is 0 Å². The number of thioether (sulfide) groups is 1. The molecule has 0 heterocycles. The number of nitrogens with one attached hydrogen (secondary N) is 2. The van der Waals surface area contributed by atoms with Gasteiger partial charge >= 0.3 is 6.09 Å². The maximum Gasteiger partial charge on any atom is 0.408 e. The molecule has 2 atom stereocenters. The Hall–Kier alpha value is -3.40. The van der Waals surface area contributed by atoms with Crippen LogP contribution in [0.25, 0.3) is 0 Å². The van der Waals surface area contributed by atoms with E-state index in [9.17, 15) is 19.5 Å². The van der Waals surface area contributed by atoms with Crippen molar-refractivity contribution in [3.63, 3.8) is 0 Å². The standard InChI is InChI=1S/C29H39N3O6S/c1-18-17-19(7-14-24(18)33)25(26(34)30-20-8-12-22(37-5)13-9-20)32(21-10-11-21)27(35)23(15-16-39-6)31-28(36)38-29(2,3)4/h7-9,12-14,17,21,23,25,33H,10-11,15-16H2,1-6H3,(H,30,34)(H,31,36). The Labute approximate surface area is 234 Å². The molecule has 2 aromatic rings. The van der Waals surface area contributed by atoms with E-state index in [4.69, 9.17) is 9.47 Å². The van der Waals surface area contributed by atoms with E-state index < -0.39 is 29.7 Å². The van der Waals surface area contributed by atoms with Gasteiger partial charge < -0.3 is 30.1 Å². The van der Waals surface area contributed by atoms with Crippen molar-refractivity contribution in [3.8, 4) is 11.5 Å². The summed E-state index contributed by atoms with van der Waals surface area (Å²) in [7, 11) is 1.56. The monoisotopic (exact) mass is 557 g/mol. The maximum absolute atomic E-state index is 14.1. The smallest absolute Gasteiger partial charge is 0.408 e. The minimum atomic E-state index is -0.983. The Morgan fingerprint density at radius 2 is 1.79 bits per heavy atom. The SMILES string of the molecule is COc1ccc(NC(=O)C(c2ccc(O)c(C)c2)N(C(=O)C(CCSC)NC(=O)OC(C)(C)C)C2CC2)cc1. The highest BCUT2D eigenvalue weighted by Crippen LogP contribution is 2.37. The van der Waals surface area contributed by atoms with Crippen molar-refractivity contribution in [1.29, 1.82) is 0 Å². The molecule has 1 saturated carbocycles. The van der Waals surface area contributed by atoms with Gasteiger partial charge in [0.2, 0.25) is 5.91 Å². The first kappa shape index (κ1) is 30.1. The molecule has 3 amide bonds. The molecule has 3 rings (SSSR count). The number of nitrogens with zero attached hydrogens (tertiary/aromatic N) is 1. The van der Waals surface area contributed by atoms with Gasteiger partial charge in [-0.2, -0.15) is 11.8 Å². The van der Waals surface area contributed by atoms with Crippen LogP contribution >= 0.6 is 11.8 Å². The lowest BCUT2D eigenvalue weighted by molar-refractivity contribution is -0.141. The predicted molar refractivity (Wildman–Crippen MR) is 153 cm³/mol. The van der Waals surface area contributed by atoms with E-state index in [1.807, 2.05) is 6.26 Å². The molecule has 0 aromatic heterocycles. The first-order valence-electron chi connectivity index (χ1n) is 13.0. The molecule has 0 saturated heterocycles. The first-order chi connectivity index (χ1) is 18.4. The van der Waals surface area contributed by atoms with Gasteiger partial charge in [0, 0.05) is 11.7 Å². The molecule has 1 aliphatic rings. The van der Waals surface area contributed by atoms with Gasteiger partial charge in [0.15, 0.2) is 0 Å². The number of ether oxygens (including phenoxy) is 2. The van der Waals surface area contributed by atoms with Gasteiger partial charge in [-0.25, -0.2) is 4.79 Å². The molecule has 0 radical (unpaired) electrons. The largest absolute Gasteiger partial charge is 0.508 e. The summed E-state index contributed by atoms with van der Waals surface area (Å²) in [4.78, 5) is 42.3. The Morgan fingerprint density at radius 3 is 2.33 bits per heavy atom. The van der Waals surface area contributed by atoms with Crippen molar-refractivity contribution in [3.05, 3.63) is 53.6 Å². The topological polar surface area (TPSA) is 117 Å².